The molecule has 74 valence electrons. The van der Waals surface area contributed by atoms with Gasteiger partial charge in [-0.25, -0.2) is 9.97 Å². The van der Waals surface area contributed by atoms with Crippen LogP contribution in [0.1, 0.15) is 11.4 Å². The number of anilines is 1. The first kappa shape index (κ1) is 9.15. The minimum absolute atomic E-state index is 0.0942. The van der Waals surface area contributed by atoms with Crippen LogP contribution in [0.3, 0.4) is 0 Å². The maximum absolute atomic E-state index is 8.57. The lowest BCUT2D eigenvalue weighted by molar-refractivity contribution is 0.842. The molecule has 6 heteroatoms. The number of rotatable bonds is 1. The maximum atomic E-state index is 8.57. The van der Waals surface area contributed by atoms with Crippen molar-refractivity contribution < 1.29 is 0 Å². The van der Waals surface area contributed by atoms with Crippen LogP contribution in [0.2, 0.25) is 0 Å². The van der Waals surface area contributed by atoms with E-state index in [9.17, 15) is 0 Å². The number of nitrogens with two attached hydrogens (primary N) is 1. The van der Waals surface area contributed by atoms with Gasteiger partial charge < -0.3 is 5.73 Å². The quantitative estimate of drug-likeness (QED) is 0.720. The van der Waals surface area contributed by atoms with Crippen molar-refractivity contribution in [3.05, 3.63) is 30.0 Å². The lowest BCUT2D eigenvalue weighted by atomic mass is 10.3. The number of hydrogen-bond acceptors (Lipinski definition) is 5. The molecule has 2 aromatic rings. The molecule has 0 bridgehead atoms. The second kappa shape index (κ2) is 3.38. The van der Waals surface area contributed by atoms with E-state index in [-0.39, 0.29) is 5.82 Å². The SMILES string of the molecule is Cc1cnc(-n2cnc(C#N)n2)c(N)c1. The fraction of sp³-hybridized carbons (Fsp3) is 0.111. The van der Waals surface area contributed by atoms with Gasteiger partial charge in [-0.15, -0.1) is 5.10 Å². The monoisotopic (exact) mass is 200 g/mol. The zero-order valence-electron chi connectivity index (χ0n) is 8.05. The summed E-state index contributed by atoms with van der Waals surface area (Å²) in [6.45, 7) is 1.90. The van der Waals surface area contributed by atoms with Crippen LogP contribution in [0, 0.1) is 18.3 Å². The Bertz CT molecular complexity index is 536. The van der Waals surface area contributed by atoms with Crippen molar-refractivity contribution in [3.63, 3.8) is 0 Å². The van der Waals surface area contributed by atoms with Crippen LogP contribution in [0.5, 0.6) is 0 Å². The Kier molecular flexibility index (Phi) is 2.06. The Morgan fingerprint density at radius 3 is 2.87 bits per heavy atom. The molecule has 0 saturated heterocycles. The van der Waals surface area contributed by atoms with Gasteiger partial charge in [-0.05, 0) is 18.6 Å². The van der Waals surface area contributed by atoms with E-state index in [1.165, 1.54) is 11.0 Å². The van der Waals surface area contributed by atoms with Crippen LogP contribution < -0.4 is 5.73 Å². The van der Waals surface area contributed by atoms with Crippen LogP contribution in [-0.4, -0.2) is 19.7 Å². The van der Waals surface area contributed by atoms with E-state index < -0.39 is 0 Å². The molecule has 0 atom stereocenters. The van der Waals surface area contributed by atoms with Gasteiger partial charge >= 0.3 is 0 Å². The minimum Gasteiger partial charge on any atom is -0.396 e. The fourth-order valence-electron chi connectivity index (χ4n) is 1.19. The lowest BCUT2D eigenvalue weighted by Gasteiger charge is -2.03. The average molecular weight is 200 g/mol. The zero-order valence-corrected chi connectivity index (χ0v) is 8.05. The third kappa shape index (κ3) is 1.62. The summed E-state index contributed by atoms with van der Waals surface area (Å²) in [5.74, 6) is 0.575. The summed E-state index contributed by atoms with van der Waals surface area (Å²) in [4.78, 5) is 7.89. The molecule has 6 nitrogen and oxygen atoms in total. The topological polar surface area (TPSA) is 93.4 Å². The molecule has 2 aromatic heterocycles. The molecule has 0 aliphatic carbocycles. The van der Waals surface area contributed by atoms with E-state index in [1.807, 2.05) is 13.0 Å². The summed E-state index contributed by atoms with van der Waals surface area (Å²) < 4.78 is 1.38. The highest BCUT2D eigenvalue weighted by molar-refractivity contribution is 5.53. The van der Waals surface area contributed by atoms with Crippen molar-refractivity contribution in [1.82, 2.24) is 19.7 Å². The molecular formula is C9H8N6. The van der Waals surface area contributed by atoms with E-state index >= 15 is 0 Å². The summed E-state index contributed by atoms with van der Waals surface area (Å²) in [6.07, 6.45) is 3.09. The molecular weight excluding hydrogens is 192 g/mol. The number of aromatic nitrogens is 4. The molecule has 15 heavy (non-hydrogen) atoms. The molecule has 0 saturated carbocycles. The Morgan fingerprint density at radius 1 is 1.47 bits per heavy atom. The molecule has 0 unspecified atom stereocenters. The first-order valence-corrected chi connectivity index (χ1v) is 4.25. The van der Waals surface area contributed by atoms with Crippen molar-refractivity contribution in [2.24, 2.45) is 0 Å². The summed E-state index contributed by atoms with van der Waals surface area (Å²) >= 11 is 0. The number of nitrogens with zero attached hydrogens (tertiary/aromatic N) is 5. The third-order valence-electron chi connectivity index (χ3n) is 1.84. The van der Waals surface area contributed by atoms with Crippen molar-refractivity contribution in [2.75, 3.05) is 5.73 Å². The predicted molar refractivity (Wildman–Crippen MR) is 53.0 cm³/mol. The van der Waals surface area contributed by atoms with Crippen LogP contribution in [0.15, 0.2) is 18.6 Å². The van der Waals surface area contributed by atoms with Crippen LogP contribution >= 0.6 is 0 Å². The van der Waals surface area contributed by atoms with E-state index in [2.05, 4.69) is 15.1 Å². The number of aryl methyl sites for hydroxylation is 1. The number of nitriles is 1. The highest BCUT2D eigenvalue weighted by atomic mass is 15.4. The van der Waals surface area contributed by atoms with Crippen LogP contribution in [0.4, 0.5) is 5.69 Å². The van der Waals surface area contributed by atoms with Gasteiger partial charge in [0.25, 0.3) is 5.82 Å². The molecule has 0 spiro atoms. The van der Waals surface area contributed by atoms with E-state index in [0.717, 1.165) is 5.56 Å². The van der Waals surface area contributed by atoms with Gasteiger partial charge in [0.2, 0.25) is 0 Å². The standard InChI is InChI=1S/C9H8N6/c1-6-2-7(11)9(12-4-6)15-5-13-8(3-10)14-15/h2,4-5H,11H2,1H3. The molecule has 2 N–H and O–H groups in total. The first-order chi connectivity index (χ1) is 7.20. The Morgan fingerprint density at radius 2 is 2.27 bits per heavy atom. The van der Waals surface area contributed by atoms with Gasteiger partial charge in [-0.2, -0.15) is 9.94 Å². The molecule has 0 aromatic carbocycles. The van der Waals surface area contributed by atoms with E-state index in [0.29, 0.717) is 11.5 Å². The smallest absolute Gasteiger partial charge is 0.252 e. The van der Waals surface area contributed by atoms with Crippen molar-refractivity contribution in [1.29, 1.82) is 5.26 Å². The molecule has 0 radical (unpaired) electrons. The highest BCUT2D eigenvalue weighted by Crippen LogP contribution is 2.13. The Balaban J connectivity index is 2.50. The van der Waals surface area contributed by atoms with Gasteiger partial charge in [0.05, 0.1) is 5.69 Å². The van der Waals surface area contributed by atoms with Gasteiger partial charge in [0.1, 0.15) is 12.4 Å². The lowest BCUT2D eigenvalue weighted by Crippen LogP contribution is -2.03. The highest BCUT2D eigenvalue weighted by Gasteiger charge is 2.06. The summed E-state index contributed by atoms with van der Waals surface area (Å²) in [5, 5.41) is 12.5. The largest absolute Gasteiger partial charge is 0.396 e. The van der Waals surface area contributed by atoms with Crippen molar-refractivity contribution in [2.45, 2.75) is 6.92 Å². The second-order valence-corrected chi connectivity index (χ2v) is 3.05. The zero-order chi connectivity index (χ0) is 10.8. The number of hydrogen-bond donors (Lipinski definition) is 1. The molecule has 0 fully saturated rings. The van der Waals surface area contributed by atoms with E-state index in [1.54, 1.807) is 12.3 Å². The second-order valence-electron chi connectivity index (χ2n) is 3.05. The van der Waals surface area contributed by atoms with Gasteiger partial charge in [-0.1, -0.05) is 0 Å². The Hall–Kier alpha value is -2.42. The summed E-state index contributed by atoms with van der Waals surface area (Å²) in [5.41, 5.74) is 7.24. The minimum atomic E-state index is 0.0942. The fourth-order valence-corrected chi connectivity index (χ4v) is 1.19. The Labute approximate surface area is 86.0 Å². The van der Waals surface area contributed by atoms with E-state index in [4.69, 9.17) is 11.0 Å². The molecule has 2 rings (SSSR count). The molecule has 0 aliphatic rings. The molecule has 0 amide bonds. The third-order valence-corrected chi connectivity index (χ3v) is 1.84. The summed E-state index contributed by atoms with van der Waals surface area (Å²) in [7, 11) is 0. The summed E-state index contributed by atoms with van der Waals surface area (Å²) in [6, 6.07) is 3.62. The molecule has 0 aliphatic heterocycles. The first-order valence-electron chi connectivity index (χ1n) is 4.25. The molecule has 2 heterocycles. The maximum Gasteiger partial charge on any atom is 0.252 e. The number of pyridine rings is 1. The van der Waals surface area contributed by atoms with Gasteiger partial charge in [0.15, 0.2) is 5.82 Å². The van der Waals surface area contributed by atoms with Crippen LogP contribution in [0.25, 0.3) is 5.82 Å². The number of nitrogen functional groups attached to an aromatic ring is 1. The predicted octanol–water partition coefficient (Wildman–Crippen LogP) is 0.425. The van der Waals surface area contributed by atoms with Gasteiger partial charge in [-0.3, -0.25) is 0 Å². The van der Waals surface area contributed by atoms with Crippen molar-refractivity contribution in [3.8, 4) is 11.9 Å². The van der Waals surface area contributed by atoms with Gasteiger partial charge in [0, 0.05) is 6.20 Å². The van der Waals surface area contributed by atoms with Crippen molar-refractivity contribution >= 4 is 5.69 Å². The normalized spacial score (nSPS) is 9.87. The average Bonchev–Trinajstić information content (AvgIpc) is 2.66. The van der Waals surface area contributed by atoms with Crippen LogP contribution in [-0.2, 0) is 0 Å².